The molecule has 0 aliphatic carbocycles. The van der Waals surface area contributed by atoms with Crippen molar-refractivity contribution in [1.29, 1.82) is 0 Å². The highest BCUT2D eigenvalue weighted by molar-refractivity contribution is 7.09. The minimum absolute atomic E-state index is 0.0130. The van der Waals surface area contributed by atoms with E-state index in [0.29, 0.717) is 18.4 Å². The van der Waals surface area contributed by atoms with Gasteiger partial charge in [0, 0.05) is 32.6 Å². The van der Waals surface area contributed by atoms with Crippen molar-refractivity contribution < 1.29 is 9.53 Å². The number of likely N-dealkylation sites (N-methyl/N-ethyl adjacent to an activating group) is 1. The molecule has 0 aliphatic rings. The Morgan fingerprint density at radius 1 is 1.39 bits per heavy atom. The van der Waals surface area contributed by atoms with E-state index in [4.69, 9.17) is 4.74 Å². The van der Waals surface area contributed by atoms with E-state index in [0.717, 1.165) is 30.6 Å². The summed E-state index contributed by atoms with van der Waals surface area (Å²) in [6.45, 7) is 3.39. The molecule has 2 heterocycles. The smallest absolute Gasteiger partial charge is 0.241 e. The highest BCUT2D eigenvalue weighted by Gasteiger charge is 2.15. The third-order valence-corrected chi connectivity index (χ3v) is 5.18. The number of aryl methyl sites for hydroxylation is 2. The Morgan fingerprint density at radius 2 is 2.18 bits per heavy atom. The molecule has 0 unspecified atom stereocenters. The summed E-state index contributed by atoms with van der Waals surface area (Å²) in [6, 6.07) is 4.16. The quantitative estimate of drug-likeness (QED) is 0.486. The molecule has 8 nitrogen and oxygen atoms in total. The van der Waals surface area contributed by atoms with E-state index in [1.54, 1.807) is 42.1 Å². The Bertz CT molecular complexity index is 783. The van der Waals surface area contributed by atoms with Crippen LogP contribution >= 0.6 is 11.3 Å². The molecule has 9 heteroatoms. The third kappa shape index (κ3) is 5.98. The highest BCUT2D eigenvalue weighted by atomic mass is 32.1. The number of ether oxygens (including phenoxy) is 1. The molecule has 2 N–H and O–H groups in total. The Hall–Kier alpha value is -2.55. The maximum absolute atomic E-state index is 11.9. The number of amides is 1. The normalized spacial score (nSPS) is 11.4. The Kier molecular flexibility index (Phi) is 8.31. The molecule has 154 valence electrons. The number of rotatable bonds is 9. The summed E-state index contributed by atoms with van der Waals surface area (Å²) >= 11 is 1.73. The topological polar surface area (TPSA) is 83.8 Å². The van der Waals surface area contributed by atoms with E-state index < -0.39 is 0 Å². The van der Waals surface area contributed by atoms with Crippen LogP contribution in [-0.2, 0) is 31.2 Å². The van der Waals surface area contributed by atoms with Crippen molar-refractivity contribution in [3.63, 3.8) is 0 Å². The average molecular weight is 407 g/mol. The van der Waals surface area contributed by atoms with Crippen LogP contribution in [-0.4, -0.2) is 60.8 Å². The number of thiophene rings is 1. The predicted molar refractivity (Wildman–Crippen MR) is 113 cm³/mol. The molecule has 0 saturated carbocycles. The van der Waals surface area contributed by atoms with Gasteiger partial charge in [-0.1, -0.05) is 13.0 Å². The lowest BCUT2D eigenvalue weighted by Crippen LogP contribution is -2.43. The third-order valence-electron chi connectivity index (χ3n) is 4.24. The molecule has 0 saturated heterocycles. The van der Waals surface area contributed by atoms with E-state index in [1.807, 2.05) is 13.1 Å². The molecule has 0 fully saturated rings. The largest absolute Gasteiger partial charge is 0.481 e. The van der Waals surface area contributed by atoms with E-state index in [1.165, 1.54) is 4.88 Å². The maximum atomic E-state index is 11.9. The van der Waals surface area contributed by atoms with Crippen LogP contribution in [0.1, 0.15) is 23.1 Å². The van der Waals surface area contributed by atoms with Gasteiger partial charge in [0.15, 0.2) is 5.96 Å². The lowest BCUT2D eigenvalue weighted by atomic mass is 10.2. The van der Waals surface area contributed by atoms with Crippen LogP contribution in [0.2, 0.25) is 0 Å². The van der Waals surface area contributed by atoms with Gasteiger partial charge in [-0.3, -0.25) is 4.79 Å². The molecule has 0 atom stereocenters. The summed E-state index contributed by atoms with van der Waals surface area (Å²) in [4.78, 5) is 19.5. The first-order chi connectivity index (χ1) is 13.5. The van der Waals surface area contributed by atoms with Crippen molar-refractivity contribution in [2.45, 2.75) is 26.3 Å². The van der Waals surface area contributed by atoms with Gasteiger partial charge in [-0.25, -0.2) is 9.67 Å². The first-order valence-electron chi connectivity index (χ1n) is 9.29. The lowest BCUT2D eigenvalue weighted by Gasteiger charge is -2.15. The van der Waals surface area contributed by atoms with Gasteiger partial charge in [0.2, 0.25) is 11.8 Å². The van der Waals surface area contributed by atoms with Gasteiger partial charge in [0.05, 0.1) is 31.5 Å². The second-order valence-electron chi connectivity index (χ2n) is 6.47. The molecule has 2 aromatic rings. The standard InChI is InChI=1S/C19H30N6O2S/c1-6-16-15(18(27-5)25(4)23-16)12-21-19(22-13-17(26)24(2)3)20-10-9-14-8-7-11-28-14/h7-8,11H,6,9-10,12-13H2,1-5H3,(H2,20,21,22). The summed E-state index contributed by atoms with van der Waals surface area (Å²) in [5.74, 6) is 1.29. The van der Waals surface area contributed by atoms with Gasteiger partial charge in [-0.2, -0.15) is 5.10 Å². The van der Waals surface area contributed by atoms with Crippen LogP contribution in [0, 0.1) is 0 Å². The van der Waals surface area contributed by atoms with E-state index in [9.17, 15) is 4.79 Å². The molecule has 0 aromatic carbocycles. The van der Waals surface area contributed by atoms with Gasteiger partial charge in [0.25, 0.3) is 0 Å². The van der Waals surface area contributed by atoms with Crippen molar-refractivity contribution >= 4 is 23.2 Å². The summed E-state index contributed by atoms with van der Waals surface area (Å²) in [6.07, 6.45) is 1.70. The van der Waals surface area contributed by atoms with Crippen molar-refractivity contribution in [3.8, 4) is 5.88 Å². The second kappa shape index (κ2) is 10.7. The summed E-state index contributed by atoms with van der Waals surface area (Å²) in [5, 5.41) is 13.0. The average Bonchev–Trinajstić information content (AvgIpc) is 3.30. The van der Waals surface area contributed by atoms with E-state index in [2.05, 4.69) is 39.1 Å². The van der Waals surface area contributed by atoms with Gasteiger partial charge in [0.1, 0.15) is 0 Å². The number of carbonyl (C=O) groups is 1. The first kappa shape index (κ1) is 21.7. The molecule has 0 spiro atoms. The monoisotopic (exact) mass is 406 g/mol. The zero-order valence-corrected chi connectivity index (χ0v) is 18.1. The van der Waals surface area contributed by atoms with Crippen LogP contribution in [0.15, 0.2) is 22.5 Å². The van der Waals surface area contributed by atoms with E-state index in [-0.39, 0.29) is 12.5 Å². The van der Waals surface area contributed by atoms with Gasteiger partial charge in [-0.05, 0) is 24.3 Å². The second-order valence-corrected chi connectivity index (χ2v) is 7.51. The zero-order chi connectivity index (χ0) is 20.5. The Balaban J connectivity index is 2.09. The molecule has 2 rings (SSSR count). The van der Waals surface area contributed by atoms with Gasteiger partial charge < -0.3 is 20.3 Å². The fourth-order valence-electron chi connectivity index (χ4n) is 2.71. The fraction of sp³-hybridized carbons (Fsp3) is 0.526. The number of nitrogens with zero attached hydrogens (tertiary/aromatic N) is 4. The Morgan fingerprint density at radius 3 is 2.79 bits per heavy atom. The van der Waals surface area contributed by atoms with Crippen molar-refractivity contribution in [3.05, 3.63) is 33.6 Å². The fourth-order valence-corrected chi connectivity index (χ4v) is 3.42. The first-order valence-corrected chi connectivity index (χ1v) is 10.2. The lowest BCUT2D eigenvalue weighted by molar-refractivity contribution is -0.127. The summed E-state index contributed by atoms with van der Waals surface area (Å²) in [5.41, 5.74) is 1.93. The molecular formula is C19H30N6O2S. The Labute approximate surface area is 170 Å². The number of methoxy groups -OCH3 is 1. The van der Waals surface area contributed by atoms with Gasteiger partial charge >= 0.3 is 0 Å². The number of hydrogen-bond donors (Lipinski definition) is 2. The minimum atomic E-state index is -0.0130. The van der Waals surface area contributed by atoms with Crippen LogP contribution in [0.25, 0.3) is 0 Å². The predicted octanol–water partition coefficient (Wildman–Crippen LogP) is 1.42. The number of aliphatic imine (C=N–C) groups is 1. The van der Waals surface area contributed by atoms with E-state index >= 15 is 0 Å². The number of guanidine groups is 1. The number of aromatic nitrogens is 2. The summed E-state index contributed by atoms with van der Waals surface area (Å²) < 4.78 is 7.21. The molecule has 28 heavy (non-hydrogen) atoms. The molecular weight excluding hydrogens is 376 g/mol. The number of hydrogen-bond acceptors (Lipinski definition) is 5. The molecule has 0 radical (unpaired) electrons. The molecule has 0 bridgehead atoms. The molecule has 1 amide bonds. The number of nitrogens with one attached hydrogen (secondary N) is 2. The van der Waals surface area contributed by atoms with Crippen molar-refractivity contribution in [2.24, 2.45) is 12.0 Å². The van der Waals surface area contributed by atoms with Crippen LogP contribution in [0.4, 0.5) is 0 Å². The SMILES string of the molecule is CCc1nn(C)c(OC)c1CN=C(NCCc1cccs1)NCC(=O)N(C)C. The summed E-state index contributed by atoms with van der Waals surface area (Å²) in [7, 11) is 6.97. The van der Waals surface area contributed by atoms with Gasteiger partial charge in [-0.15, -0.1) is 11.3 Å². The van der Waals surface area contributed by atoms with Crippen molar-refractivity contribution in [2.75, 3.05) is 34.3 Å². The highest BCUT2D eigenvalue weighted by Crippen LogP contribution is 2.22. The maximum Gasteiger partial charge on any atom is 0.241 e. The zero-order valence-electron chi connectivity index (χ0n) is 17.3. The minimum Gasteiger partial charge on any atom is -0.481 e. The van der Waals surface area contributed by atoms with Crippen LogP contribution in [0.5, 0.6) is 5.88 Å². The van der Waals surface area contributed by atoms with Crippen molar-refractivity contribution in [1.82, 2.24) is 25.3 Å². The number of carbonyl (C=O) groups excluding carboxylic acids is 1. The van der Waals surface area contributed by atoms with Crippen LogP contribution in [0.3, 0.4) is 0 Å². The van der Waals surface area contributed by atoms with Crippen LogP contribution < -0.4 is 15.4 Å². The molecule has 0 aliphatic heterocycles. The molecule has 2 aromatic heterocycles.